The molecule has 16 heavy (non-hydrogen) atoms. The summed E-state index contributed by atoms with van der Waals surface area (Å²) in [7, 11) is 2.20. The van der Waals surface area contributed by atoms with Crippen LogP contribution in [0.2, 0.25) is 5.02 Å². The zero-order valence-electron chi connectivity index (χ0n) is 9.33. The molecule has 1 aromatic heterocycles. The van der Waals surface area contributed by atoms with Crippen molar-refractivity contribution >= 4 is 22.5 Å². The second-order valence-electron chi connectivity index (χ2n) is 4.57. The van der Waals surface area contributed by atoms with Crippen molar-refractivity contribution in [1.29, 1.82) is 0 Å². The number of H-pyrrole nitrogens is 1. The highest BCUT2D eigenvalue weighted by Gasteiger charge is 2.24. The number of rotatable bonds is 1. The normalized spacial score (nSPS) is 22.0. The van der Waals surface area contributed by atoms with Crippen LogP contribution in [0.15, 0.2) is 24.4 Å². The zero-order valence-corrected chi connectivity index (χ0v) is 10.1. The quantitative estimate of drug-likeness (QED) is 0.799. The summed E-state index contributed by atoms with van der Waals surface area (Å²) in [5.74, 6) is 0. The number of hydrogen-bond donors (Lipinski definition) is 1. The summed E-state index contributed by atoms with van der Waals surface area (Å²) in [6, 6.07) is 6.60. The number of benzene rings is 1. The number of nitrogens with one attached hydrogen (secondary N) is 1. The van der Waals surface area contributed by atoms with Crippen LogP contribution in [0.3, 0.4) is 0 Å². The molecule has 0 spiro atoms. The summed E-state index contributed by atoms with van der Waals surface area (Å²) in [5.41, 5.74) is 2.57. The van der Waals surface area contributed by atoms with Crippen molar-refractivity contribution in [1.82, 2.24) is 9.88 Å². The van der Waals surface area contributed by atoms with Crippen LogP contribution in [0.5, 0.6) is 0 Å². The van der Waals surface area contributed by atoms with Gasteiger partial charge in [-0.1, -0.05) is 11.6 Å². The van der Waals surface area contributed by atoms with Crippen molar-refractivity contribution in [2.24, 2.45) is 0 Å². The molecule has 2 aromatic rings. The molecule has 1 aliphatic heterocycles. The van der Waals surface area contributed by atoms with Gasteiger partial charge in [-0.05, 0) is 50.2 Å². The van der Waals surface area contributed by atoms with E-state index < -0.39 is 0 Å². The van der Waals surface area contributed by atoms with Gasteiger partial charge in [-0.25, -0.2) is 0 Å². The third kappa shape index (κ3) is 1.53. The average Bonchev–Trinajstić information content (AvgIpc) is 2.83. The predicted molar refractivity (Wildman–Crippen MR) is 67.9 cm³/mol. The first kappa shape index (κ1) is 10.2. The maximum absolute atomic E-state index is 6.06. The van der Waals surface area contributed by atoms with E-state index in [1.165, 1.54) is 35.9 Å². The SMILES string of the molecule is CN1CCC[C@@H]1c1c[nH]c2ccc(Cl)cc12. The average molecular weight is 235 g/mol. The second kappa shape index (κ2) is 3.79. The Labute approximate surface area is 100 Å². The second-order valence-corrected chi connectivity index (χ2v) is 5.01. The molecule has 0 aliphatic carbocycles. The summed E-state index contributed by atoms with van der Waals surface area (Å²) in [6.07, 6.45) is 4.66. The minimum absolute atomic E-state index is 0.548. The van der Waals surface area contributed by atoms with E-state index in [1.807, 2.05) is 6.07 Å². The third-order valence-electron chi connectivity index (χ3n) is 3.56. The van der Waals surface area contributed by atoms with Gasteiger partial charge >= 0.3 is 0 Å². The fourth-order valence-corrected chi connectivity index (χ4v) is 2.87. The molecule has 1 aromatic carbocycles. The van der Waals surface area contributed by atoms with Crippen LogP contribution in [-0.2, 0) is 0 Å². The van der Waals surface area contributed by atoms with E-state index in [1.54, 1.807) is 0 Å². The van der Waals surface area contributed by atoms with E-state index in [0.29, 0.717) is 6.04 Å². The molecule has 3 rings (SSSR count). The monoisotopic (exact) mass is 234 g/mol. The highest BCUT2D eigenvalue weighted by Crippen LogP contribution is 2.35. The molecule has 1 fully saturated rings. The van der Waals surface area contributed by atoms with Crippen LogP contribution in [-0.4, -0.2) is 23.5 Å². The van der Waals surface area contributed by atoms with E-state index >= 15 is 0 Å². The van der Waals surface area contributed by atoms with E-state index in [0.717, 1.165) is 5.02 Å². The molecule has 0 amide bonds. The third-order valence-corrected chi connectivity index (χ3v) is 3.79. The van der Waals surface area contributed by atoms with Gasteiger partial charge in [0.15, 0.2) is 0 Å². The van der Waals surface area contributed by atoms with Gasteiger partial charge in [-0.3, -0.25) is 4.90 Å². The van der Waals surface area contributed by atoms with E-state index in [2.05, 4.69) is 35.3 Å². The Morgan fingerprint density at radius 1 is 1.44 bits per heavy atom. The maximum Gasteiger partial charge on any atom is 0.0458 e. The van der Waals surface area contributed by atoms with Crippen molar-refractivity contribution in [3.05, 3.63) is 35.0 Å². The molecule has 84 valence electrons. The Morgan fingerprint density at radius 3 is 3.06 bits per heavy atom. The molecule has 0 unspecified atom stereocenters. The number of aromatic amines is 1. The number of nitrogens with zero attached hydrogens (tertiary/aromatic N) is 1. The van der Waals surface area contributed by atoms with Crippen molar-refractivity contribution < 1.29 is 0 Å². The lowest BCUT2D eigenvalue weighted by molar-refractivity contribution is 0.319. The lowest BCUT2D eigenvalue weighted by Gasteiger charge is -2.18. The first-order chi connectivity index (χ1) is 7.75. The lowest BCUT2D eigenvalue weighted by atomic mass is 10.0. The Balaban J connectivity index is 2.12. The molecule has 1 saturated heterocycles. The highest BCUT2D eigenvalue weighted by atomic mass is 35.5. The van der Waals surface area contributed by atoms with Crippen LogP contribution in [0, 0.1) is 0 Å². The minimum atomic E-state index is 0.548. The molecular formula is C13H15ClN2. The van der Waals surface area contributed by atoms with Crippen LogP contribution in [0.1, 0.15) is 24.4 Å². The maximum atomic E-state index is 6.06. The largest absolute Gasteiger partial charge is 0.361 e. The zero-order chi connectivity index (χ0) is 11.1. The fourth-order valence-electron chi connectivity index (χ4n) is 2.69. The smallest absolute Gasteiger partial charge is 0.0458 e. The Kier molecular flexibility index (Phi) is 2.41. The van der Waals surface area contributed by atoms with Gasteiger partial charge in [-0.2, -0.15) is 0 Å². The van der Waals surface area contributed by atoms with Gasteiger partial charge < -0.3 is 4.98 Å². The van der Waals surface area contributed by atoms with Crippen molar-refractivity contribution in [2.45, 2.75) is 18.9 Å². The molecule has 0 saturated carbocycles. The Hall–Kier alpha value is -0.990. The summed E-state index contributed by atoms with van der Waals surface area (Å²) in [5, 5.41) is 2.08. The topological polar surface area (TPSA) is 19.0 Å². The number of halogens is 1. The molecule has 2 nitrogen and oxygen atoms in total. The van der Waals surface area contributed by atoms with Gasteiger partial charge in [-0.15, -0.1) is 0 Å². The number of aromatic nitrogens is 1. The summed E-state index contributed by atoms with van der Waals surface area (Å²) in [6.45, 7) is 1.19. The van der Waals surface area contributed by atoms with Crippen molar-refractivity contribution in [3.8, 4) is 0 Å². The Morgan fingerprint density at radius 2 is 2.31 bits per heavy atom. The molecule has 0 bridgehead atoms. The van der Waals surface area contributed by atoms with E-state index in [4.69, 9.17) is 11.6 Å². The van der Waals surface area contributed by atoms with Gasteiger partial charge in [0, 0.05) is 28.2 Å². The number of fused-ring (bicyclic) bond motifs is 1. The van der Waals surface area contributed by atoms with Crippen LogP contribution < -0.4 is 0 Å². The molecule has 0 radical (unpaired) electrons. The van der Waals surface area contributed by atoms with Gasteiger partial charge in [0.25, 0.3) is 0 Å². The van der Waals surface area contributed by atoms with Crippen LogP contribution in [0.25, 0.3) is 10.9 Å². The summed E-state index contributed by atoms with van der Waals surface area (Å²) in [4.78, 5) is 5.75. The van der Waals surface area contributed by atoms with E-state index in [9.17, 15) is 0 Å². The van der Waals surface area contributed by atoms with Gasteiger partial charge in [0.05, 0.1) is 0 Å². The Bertz CT molecular complexity index is 518. The first-order valence-corrected chi connectivity index (χ1v) is 6.10. The van der Waals surface area contributed by atoms with Gasteiger partial charge in [0.1, 0.15) is 0 Å². The first-order valence-electron chi connectivity index (χ1n) is 5.72. The van der Waals surface area contributed by atoms with Crippen molar-refractivity contribution in [3.63, 3.8) is 0 Å². The highest BCUT2D eigenvalue weighted by molar-refractivity contribution is 6.31. The minimum Gasteiger partial charge on any atom is -0.361 e. The van der Waals surface area contributed by atoms with Crippen LogP contribution in [0.4, 0.5) is 0 Å². The summed E-state index contributed by atoms with van der Waals surface area (Å²) < 4.78 is 0. The molecule has 3 heteroatoms. The standard InChI is InChI=1S/C13H15ClN2/c1-16-6-2-3-13(16)11-8-15-12-5-4-9(14)7-10(11)12/h4-5,7-8,13,15H,2-3,6H2,1H3/t13-/m1/s1. The molecular weight excluding hydrogens is 220 g/mol. The fraction of sp³-hybridized carbons (Fsp3) is 0.385. The molecule has 1 atom stereocenters. The molecule has 1 N–H and O–H groups in total. The summed E-state index contributed by atoms with van der Waals surface area (Å²) >= 11 is 6.06. The number of hydrogen-bond acceptors (Lipinski definition) is 1. The predicted octanol–water partition coefficient (Wildman–Crippen LogP) is 3.59. The molecule has 2 heterocycles. The van der Waals surface area contributed by atoms with Crippen molar-refractivity contribution in [2.75, 3.05) is 13.6 Å². The van der Waals surface area contributed by atoms with Crippen LogP contribution >= 0.6 is 11.6 Å². The van der Waals surface area contributed by atoms with E-state index in [-0.39, 0.29) is 0 Å². The lowest BCUT2D eigenvalue weighted by Crippen LogP contribution is -2.17. The molecule has 1 aliphatic rings. The number of likely N-dealkylation sites (tertiary alicyclic amines) is 1. The van der Waals surface area contributed by atoms with Gasteiger partial charge in [0.2, 0.25) is 0 Å².